The number of ether oxygens (including phenoxy) is 1. The molecule has 0 fully saturated rings. The summed E-state index contributed by atoms with van der Waals surface area (Å²) < 4.78 is 4.81. The topological polar surface area (TPSA) is 116 Å². The van der Waals surface area contributed by atoms with Gasteiger partial charge in [0.05, 0.1) is 0 Å². The average Bonchev–Trinajstić information content (AvgIpc) is 2.28. The van der Waals surface area contributed by atoms with Gasteiger partial charge in [0.1, 0.15) is 5.69 Å². The molecule has 4 N–H and O–H groups in total. The third-order valence-corrected chi connectivity index (χ3v) is 1.88. The highest BCUT2D eigenvalue weighted by molar-refractivity contribution is 5.88. The van der Waals surface area contributed by atoms with E-state index in [0.29, 0.717) is 19.6 Å². The van der Waals surface area contributed by atoms with Crippen molar-refractivity contribution in [3.63, 3.8) is 0 Å². The van der Waals surface area contributed by atoms with E-state index < -0.39 is 17.3 Å². The standard InChI is InChI=1S/C9H14N4O4/c1-17-4-2-3-10-8(15)12-6-5-11-9(16)13-7(6)14/h5H,2-4H2,1H3,(H2,10,12,15)(H2,11,13,14,16). The number of hydrogen-bond acceptors (Lipinski definition) is 4. The van der Waals surface area contributed by atoms with Gasteiger partial charge in [-0.3, -0.25) is 9.78 Å². The first-order valence-electron chi connectivity index (χ1n) is 4.99. The quantitative estimate of drug-likeness (QED) is 0.507. The predicted octanol–water partition coefficient (Wildman–Crippen LogP) is -0.779. The summed E-state index contributed by atoms with van der Waals surface area (Å²) in [6.45, 7) is 0.973. The number of aromatic nitrogens is 2. The van der Waals surface area contributed by atoms with Crippen molar-refractivity contribution < 1.29 is 9.53 Å². The highest BCUT2D eigenvalue weighted by Crippen LogP contribution is 1.91. The Labute approximate surface area is 96.4 Å². The number of H-pyrrole nitrogens is 2. The highest BCUT2D eigenvalue weighted by Gasteiger charge is 2.04. The molecular formula is C9H14N4O4. The van der Waals surface area contributed by atoms with Crippen LogP contribution in [0.5, 0.6) is 0 Å². The zero-order valence-electron chi connectivity index (χ0n) is 9.33. The number of aromatic amines is 2. The number of hydrogen-bond donors (Lipinski definition) is 4. The minimum absolute atomic E-state index is 0.0196. The third kappa shape index (κ3) is 4.51. The van der Waals surface area contributed by atoms with Gasteiger partial charge in [0.15, 0.2) is 0 Å². The molecule has 0 atom stereocenters. The highest BCUT2D eigenvalue weighted by atomic mass is 16.5. The maximum Gasteiger partial charge on any atom is 0.325 e. The lowest BCUT2D eigenvalue weighted by Crippen LogP contribution is -2.33. The molecule has 1 aromatic heterocycles. The second kappa shape index (κ2) is 6.48. The van der Waals surface area contributed by atoms with E-state index in [2.05, 4.69) is 15.6 Å². The molecule has 1 rings (SSSR count). The molecule has 0 aliphatic carbocycles. The van der Waals surface area contributed by atoms with E-state index in [1.807, 2.05) is 4.98 Å². The van der Waals surface area contributed by atoms with Gasteiger partial charge >= 0.3 is 11.7 Å². The van der Waals surface area contributed by atoms with E-state index in [1.54, 1.807) is 7.11 Å². The number of carbonyl (C=O) groups is 1. The molecular weight excluding hydrogens is 228 g/mol. The van der Waals surface area contributed by atoms with Gasteiger partial charge in [0, 0.05) is 26.5 Å². The van der Waals surface area contributed by atoms with Crippen LogP contribution in [0.15, 0.2) is 15.8 Å². The van der Waals surface area contributed by atoms with Crippen LogP contribution < -0.4 is 21.9 Å². The van der Waals surface area contributed by atoms with Gasteiger partial charge < -0.3 is 20.4 Å². The minimum atomic E-state index is -0.652. The Morgan fingerprint density at radius 3 is 2.88 bits per heavy atom. The second-order valence-electron chi connectivity index (χ2n) is 3.21. The fraction of sp³-hybridized carbons (Fsp3) is 0.444. The van der Waals surface area contributed by atoms with Gasteiger partial charge in [-0.25, -0.2) is 9.59 Å². The number of amides is 2. The molecule has 1 heterocycles. The lowest BCUT2D eigenvalue weighted by molar-refractivity contribution is 0.194. The maximum absolute atomic E-state index is 11.3. The SMILES string of the molecule is COCCCNC(=O)Nc1c[nH]c(=O)[nH]c1=O. The Hall–Kier alpha value is -2.09. The zero-order chi connectivity index (χ0) is 12.7. The zero-order valence-corrected chi connectivity index (χ0v) is 9.33. The Bertz CT molecular complexity index is 478. The van der Waals surface area contributed by atoms with E-state index in [-0.39, 0.29) is 5.69 Å². The van der Waals surface area contributed by atoms with E-state index in [0.717, 1.165) is 6.20 Å². The number of anilines is 1. The third-order valence-electron chi connectivity index (χ3n) is 1.88. The summed E-state index contributed by atoms with van der Waals surface area (Å²) >= 11 is 0. The Balaban J connectivity index is 2.45. The van der Waals surface area contributed by atoms with Crippen LogP contribution in [-0.4, -0.2) is 36.3 Å². The van der Waals surface area contributed by atoms with Crippen LogP contribution in [0.3, 0.4) is 0 Å². The summed E-state index contributed by atoms with van der Waals surface area (Å²) in [5.74, 6) is 0. The second-order valence-corrected chi connectivity index (χ2v) is 3.21. The Morgan fingerprint density at radius 2 is 2.24 bits per heavy atom. The number of methoxy groups -OCH3 is 1. The first-order valence-corrected chi connectivity index (χ1v) is 4.99. The molecule has 94 valence electrons. The molecule has 0 aliphatic heterocycles. The molecule has 0 spiro atoms. The van der Waals surface area contributed by atoms with Gasteiger partial charge in [0.2, 0.25) is 0 Å². The maximum atomic E-state index is 11.3. The molecule has 8 nitrogen and oxygen atoms in total. The fourth-order valence-electron chi connectivity index (χ4n) is 1.09. The van der Waals surface area contributed by atoms with Crippen molar-refractivity contribution in [3.05, 3.63) is 27.0 Å². The largest absolute Gasteiger partial charge is 0.385 e. The van der Waals surface area contributed by atoms with Crippen molar-refractivity contribution in [2.45, 2.75) is 6.42 Å². The van der Waals surface area contributed by atoms with E-state index >= 15 is 0 Å². The summed E-state index contributed by atoms with van der Waals surface area (Å²) in [7, 11) is 1.57. The molecule has 17 heavy (non-hydrogen) atoms. The van der Waals surface area contributed by atoms with Gasteiger partial charge in [-0.15, -0.1) is 0 Å². The Kier molecular flexibility index (Phi) is 4.95. The summed E-state index contributed by atoms with van der Waals surface area (Å²) in [6.07, 6.45) is 1.81. The molecule has 8 heteroatoms. The molecule has 0 aliphatic rings. The number of rotatable bonds is 5. The molecule has 0 radical (unpaired) electrons. The van der Waals surface area contributed by atoms with Gasteiger partial charge in [-0.05, 0) is 6.42 Å². The van der Waals surface area contributed by atoms with Crippen molar-refractivity contribution in [2.24, 2.45) is 0 Å². The molecule has 0 saturated heterocycles. The van der Waals surface area contributed by atoms with Crippen LogP contribution in [0.2, 0.25) is 0 Å². The van der Waals surface area contributed by atoms with E-state index in [4.69, 9.17) is 4.74 Å². The molecule has 2 amide bonds. The van der Waals surface area contributed by atoms with Crippen molar-refractivity contribution >= 4 is 11.7 Å². The molecule has 0 saturated carbocycles. The molecule has 0 unspecified atom stereocenters. The summed E-state index contributed by atoms with van der Waals surface area (Å²) in [6, 6.07) is -0.515. The van der Waals surface area contributed by atoms with Crippen LogP contribution >= 0.6 is 0 Å². The summed E-state index contributed by atoms with van der Waals surface area (Å²) in [5, 5.41) is 4.84. The molecule has 0 aromatic carbocycles. The first kappa shape index (κ1) is 13.0. The van der Waals surface area contributed by atoms with E-state index in [1.165, 1.54) is 0 Å². The van der Waals surface area contributed by atoms with Gasteiger partial charge in [-0.1, -0.05) is 0 Å². The normalized spacial score (nSPS) is 9.94. The number of carbonyl (C=O) groups excluding carboxylic acids is 1. The van der Waals surface area contributed by atoms with Crippen molar-refractivity contribution in [3.8, 4) is 0 Å². The summed E-state index contributed by atoms with van der Waals surface area (Å²) in [4.78, 5) is 37.5. The first-order chi connectivity index (χ1) is 8.13. The number of urea groups is 1. The van der Waals surface area contributed by atoms with Crippen molar-refractivity contribution in [2.75, 3.05) is 25.6 Å². The summed E-state index contributed by atoms with van der Waals surface area (Å²) in [5.41, 5.74) is -1.30. The van der Waals surface area contributed by atoms with Crippen LogP contribution in [0.1, 0.15) is 6.42 Å². The van der Waals surface area contributed by atoms with Crippen LogP contribution in [0.4, 0.5) is 10.5 Å². The van der Waals surface area contributed by atoms with Crippen molar-refractivity contribution in [1.29, 1.82) is 0 Å². The van der Waals surface area contributed by atoms with Gasteiger partial charge in [0.25, 0.3) is 5.56 Å². The van der Waals surface area contributed by atoms with Crippen molar-refractivity contribution in [1.82, 2.24) is 15.3 Å². The van der Waals surface area contributed by atoms with E-state index in [9.17, 15) is 14.4 Å². The fourth-order valence-corrected chi connectivity index (χ4v) is 1.09. The smallest absolute Gasteiger partial charge is 0.325 e. The van der Waals surface area contributed by atoms with Gasteiger partial charge in [-0.2, -0.15) is 0 Å². The van der Waals surface area contributed by atoms with Crippen LogP contribution in [0, 0.1) is 0 Å². The van der Waals surface area contributed by atoms with Crippen LogP contribution in [0.25, 0.3) is 0 Å². The number of nitrogens with one attached hydrogen (secondary N) is 4. The predicted molar refractivity (Wildman–Crippen MR) is 61.2 cm³/mol. The van der Waals surface area contributed by atoms with Crippen LogP contribution in [-0.2, 0) is 4.74 Å². The molecule has 1 aromatic rings. The lowest BCUT2D eigenvalue weighted by atomic mass is 10.4. The lowest BCUT2D eigenvalue weighted by Gasteiger charge is -2.05. The monoisotopic (exact) mass is 242 g/mol. The minimum Gasteiger partial charge on any atom is -0.385 e. The Morgan fingerprint density at radius 1 is 1.47 bits per heavy atom. The average molecular weight is 242 g/mol. The molecule has 0 bridgehead atoms.